The van der Waals surface area contributed by atoms with Crippen LogP contribution in [0, 0.1) is 0 Å². The number of para-hydroxylation sites is 1. The van der Waals surface area contributed by atoms with Gasteiger partial charge in [-0.2, -0.15) is 0 Å². The fourth-order valence-corrected chi connectivity index (χ4v) is 4.24. The van der Waals surface area contributed by atoms with E-state index in [4.69, 9.17) is 18.9 Å². The average Bonchev–Trinajstić information content (AvgIpc) is 2.93. The van der Waals surface area contributed by atoms with E-state index in [1.807, 2.05) is 48.5 Å². The molecule has 4 rings (SSSR count). The lowest BCUT2D eigenvalue weighted by Gasteiger charge is -2.29. The summed E-state index contributed by atoms with van der Waals surface area (Å²) in [6.45, 7) is 3.67. The molecule has 0 radical (unpaired) electrons. The molecule has 1 N–H and O–H groups in total. The highest BCUT2D eigenvalue weighted by molar-refractivity contribution is 6.02. The highest BCUT2D eigenvalue weighted by Gasteiger charge is 2.18. The Balaban J connectivity index is 1.36. The topological polar surface area (TPSA) is 86.3 Å². The van der Waals surface area contributed by atoms with Gasteiger partial charge in [0.05, 0.1) is 7.11 Å². The van der Waals surface area contributed by atoms with Crippen molar-refractivity contribution in [2.75, 3.05) is 32.6 Å². The lowest BCUT2D eigenvalue weighted by molar-refractivity contribution is -0.132. The largest absolute Gasteiger partial charge is 0.493 e. The summed E-state index contributed by atoms with van der Waals surface area (Å²) >= 11 is 0. The van der Waals surface area contributed by atoms with Gasteiger partial charge in [-0.05, 0) is 61.9 Å². The summed E-state index contributed by atoms with van der Waals surface area (Å²) in [5.41, 5.74) is 2.17. The molecule has 0 aliphatic carbocycles. The molecule has 0 atom stereocenters. The number of methoxy groups -OCH3 is 1. The number of nitrogens with zero attached hydrogens (tertiary/aromatic N) is 1. The number of amides is 1. The highest BCUT2D eigenvalue weighted by Crippen LogP contribution is 2.29. The quantitative estimate of drug-likeness (QED) is 0.216. The fourth-order valence-electron chi connectivity index (χ4n) is 4.24. The van der Waals surface area contributed by atoms with E-state index in [9.17, 15) is 9.59 Å². The van der Waals surface area contributed by atoms with Crippen molar-refractivity contribution < 1.29 is 28.5 Å². The molecule has 0 spiro atoms. The maximum Gasteiger partial charge on any atom is 0.308 e. The molecular weight excluding hydrogens is 496 g/mol. The van der Waals surface area contributed by atoms with Crippen molar-refractivity contribution in [3.05, 3.63) is 83.9 Å². The van der Waals surface area contributed by atoms with Gasteiger partial charge in [0.15, 0.2) is 11.5 Å². The van der Waals surface area contributed by atoms with Crippen LogP contribution in [0.25, 0.3) is 6.08 Å². The van der Waals surface area contributed by atoms with E-state index in [1.54, 1.807) is 24.3 Å². The predicted octanol–water partition coefficient (Wildman–Crippen LogP) is 5.32. The smallest absolute Gasteiger partial charge is 0.308 e. The second-order valence-corrected chi connectivity index (χ2v) is 9.37. The van der Waals surface area contributed by atoms with Gasteiger partial charge in [-0.15, -0.1) is 0 Å². The summed E-state index contributed by atoms with van der Waals surface area (Å²) in [7, 11) is 3.62. The van der Waals surface area contributed by atoms with Gasteiger partial charge < -0.3 is 29.2 Å². The van der Waals surface area contributed by atoms with E-state index in [2.05, 4.69) is 17.3 Å². The van der Waals surface area contributed by atoms with Crippen LogP contribution in [0.3, 0.4) is 0 Å². The number of rotatable bonds is 10. The van der Waals surface area contributed by atoms with Gasteiger partial charge in [-0.1, -0.05) is 30.3 Å². The summed E-state index contributed by atoms with van der Waals surface area (Å²) < 4.78 is 22.6. The molecule has 0 saturated carbocycles. The molecule has 1 fully saturated rings. The van der Waals surface area contributed by atoms with E-state index in [0.717, 1.165) is 37.2 Å². The Morgan fingerprint density at radius 2 is 1.74 bits per heavy atom. The second-order valence-electron chi connectivity index (χ2n) is 9.37. The molecule has 0 unspecified atom stereocenters. The number of hydrogen-bond donors (Lipinski definition) is 1. The minimum atomic E-state index is -0.456. The molecular formula is C31H34N2O6. The number of ether oxygens (including phenoxy) is 4. The summed E-state index contributed by atoms with van der Waals surface area (Å²) in [6, 6.07) is 20.2. The first-order valence-corrected chi connectivity index (χ1v) is 12.9. The summed E-state index contributed by atoms with van der Waals surface area (Å²) in [4.78, 5) is 26.4. The molecule has 0 aromatic heterocycles. The Bertz CT molecular complexity index is 1310. The summed E-state index contributed by atoms with van der Waals surface area (Å²) in [5.74, 6) is 1.45. The SMILES string of the molecule is COc1ccc(/C=C/C(=O)Nc2ccccc2COc2cccc(OC3CCN(C)CC3)c2)cc1OC(C)=O. The van der Waals surface area contributed by atoms with Crippen molar-refractivity contribution in [2.24, 2.45) is 0 Å². The summed E-state index contributed by atoms with van der Waals surface area (Å²) in [6.07, 6.45) is 5.29. The third-order valence-electron chi connectivity index (χ3n) is 6.31. The van der Waals surface area contributed by atoms with Crippen LogP contribution in [0.5, 0.6) is 23.0 Å². The second kappa shape index (κ2) is 13.5. The van der Waals surface area contributed by atoms with Crippen LogP contribution in [0.1, 0.15) is 30.9 Å². The van der Waals surface area contributed by atoms with Crippen LogP contribution < -0.4 is 24.3 Å². The minimum absolute atomic E-state index is 0.214. The van der Waals surface area contributed by atoms with Crippen LogP contribution in [0.2, 0.25) is 0 Å². The van der Waals surface area contributed by atoms with Gasteiger partial charge >= 0.3 is 5.97 Å². The average molecular weight is 531 g/mol. The van der Waals surface area contributed by atoms with Crippen molar-refractivity contribution in [3.63, 3.8) is 0 Å². The molecule has 204 valence electrons. The Morgan fingerprint density at radius 3 is 2.51 bits per heavy atom. The highest BCUT2D eigenvalue weighted by atomic mass is 16.6. The lowest BCUT2D eigenvalue weighted by atomic mass is 10.1. The van der Waals surface area contributed by atoms with Crippen LogP contribution >= 0.6 is 0 Å². The molecule has 3 aromatic rings. The first-order chi connectivity index (χ1) is 18.9. The Labute approximate surface area is 229 Å². The molecule has 3 aromatic carbocycles. The number of carbonyl (C=O) groups excluding carboxylic acids is 2. The molecule has 39 heavy (non-hydrogen) atoms. The number of hydrogen-bond acceptors (Lipinski definition) is 7. The lowest BCUT2D eigenvalue weighted by Crippen LogP contribution is -2.35. The predicted molar refractivity (Wildman–Crippen MR) is 150 cm³/mol. The molecule has 1 heterocycles. The number of piperidine rings is 1. The normalized spacial score (nSPS) is 14.1. The number of carbonyl (C=O) groups is 2. The van der Waals surface area contributed by atoms with E-state index < -0.39 is 5.97 Å². The summed E-state index contributed by atoms with van der Waals surface area (Å²) in [5, 5.41) is 2.91. The van der Waals surface area contributed by atoms with Crippen LogP contribution in [-0.2, 0) is 16.2 Å². The minimum Gasteiger partial charge on any atom is -0.493 e. The van der Waals surface area contributed by atoms with Crippen molar-refractivity contribution >= 4 is 23.6 Å². The maximum atomic E-state index is 12.7. The van der Waals surface area contributed by atoms with Crippen molar-refractivity contribution in [1.29, 1.82) is 0 Å². The first kappa shape index (κ1) is 27.7. The first-order valence-electron chi connectivity index (χ1n) is 12.9. The standard InChI is InChI=1S/C31H34N2O6/c1-22(34)38-30-19-23(11-13-29(30)36-3)12-14-31(35)32-28-10-5-4-7-24(28)21-37-26-8-6-9-27(20-26)39-25-15-17-33(2)18-16-25/h4-14,19-20,25H,15-18,21H2,1-3H3,(H,32,35)/b14-12+. The molecule has 1 aliphatic rings. The van der Waals surface area contributed by atoms with Gasteiger partial charge in [0.1, 0.15) is 24.2 Å². The van der Waals surface area contributed by atoms with Crippen LogP contribution in [-0.4, -0.2) is 50.1 Å². The number of benzene rings is 3. The zero-order valence-corrected chi connectivity index (χ0v) is 22.5. The molecule has 1 saturated heterocycles. The number of nitrogens with one attached hydrogen (secondary N) is 1. The van der Waals surface area contributed by atoms with Gasteiger partial charge in [-0.3, -0.25) is 9.59 Å². The van der Waals surface area contributed by atoms with E-state index >= 15 is 0 Å². The molecule has 8 nitrogen and oxygen atoms in total. The Hall–Kier alpha value is -4.30. The number of likely N-dealkylation sites (tertiary alicyclic amines) is 1. The van der Waals surface area contributed by atoms with E-state index in [0.29, 0.717) is 22.7 Å². The number of anilines is 1. The van der Waals surface area contributed by atoms with Gasteiger partial charge in [0, 0.05) is 43.4 Å². The van der Waals surface area contributed by atoms with Gasteiger partial charge in [-0.25, -0.2) is 0 Å². The molecule has 1 aliphatic heterocycles. The third kappa shape index (κ3) is 8.35. The van der Waals surface area contributed by atoms with Gasteiger partial charge in [0.2, 0.25) is 5.91 Å². The zero-order valence-electron chi connectivity index (χ0n) is 22.5. The maximum absolute atomic E-state index is 12.7. The van der Waals surface area contributed by atoms with Gasteiger partial charge in [0.25, 0.3) is 0 Å². The van der Waals surface area contributed by atoms with E-state index in [-0.39, 0.29) is 24.4 Å². The van der Waals surface area contributed by atoms with Crippen molar-refractivity contribution in [3.8, 4) is 23.0 Å². The third-order valence-corrected chi connectivity index (χ3v) is 6.31. The number of esters is 1. The Morgan fingerprint density at radius 1 is 0.974 bits per heavy atom. The molecule has 1 amide bonds. The fraction of sp³-hybridized carbons (Fsp3) is 0.290. The van der Waals surface area contributed by atoms with Crippen LogP contribution in [0.4, 0.5) is 5.69 Å². The van der Waals surface area contributed by atoms with Crippen molar-refractivity contribution in [2.45, 2.75) is 32.5 Å². The van der Waals surface area contributed by atoms with E-state index in [1.165, 1.54) is 20.1 Å². The molecule has 0 bridgehead atoms. The molecule has 8 heteroatoms. The zero-order chi connectivity index (χ0) is 27.6. The van der Waals surface area contributed by atoms with Crippen LogP contribution in [0.15, 0.2) is 72.8 Å². The van der Waals surface area contributed by atoms with Crippen molar-refractivity contribution in [1.82, 2.24) is 4.90 Å². The Kier molecular flexibility index (Phi) is 9.58. The monoisotopic (exact) mass is 530 g/mol.